The van der Waals surface area contributed by atoms with Crippen LogP contribution in [0.2, 0.25) is 0 Å². The predicted octanol–water partition coefficient (Wildman–Crippen LogP) is 2.47. The quantitative estimate of drug-likeness (QED) is 0.686. The summed E-state index contributed by atoms with van der Waals surface area (Å²) in [5, 5.41) is 12.4. The van der Waals surface area contributed by atoms with Gasteiger partial charge in [0, 0.05) is 24.2 Å². The standard InChI is InChI=1S/C15H21N3O2S/c1-10-6-7-11-12(16)13(21-15(11)18-10)14(20)17-8-4-2-3-5-9-19/h6-7,19H,2-5,8-9,16H2,1H3,(H,17,20). The van der Waals surface area contributed by atoms with Gasteiger partial charge in [0.05, 0.1) is 5.69 Å². The largest absolute Gasteiger partial charge is 0.397 e. The van der Waals surface area contributed by atoms with Crippen molar-refractivity contribution in [3.05, 3.63) is 22.7 Å². The van der Waals surface area contributed by atoms with E-state index in [-0.39, 0.29) is 12.5 Å². The van der Waals surface area contributed by atoms with Gasteiger partial charge >= 0.3 is 0 Å². The molecule has 5 nitrogen and oxygen atoms in total. The number of aromatic nitrogens is 1. The fourth-order valence-electron chi connectivity index (χ4n) is 2.13. The molecule has 0 aliphatic heterocycles. The molecule has 2 aromatic heterocycles. The summed E-state index contributed by atoms with van der Waals surface area (Å²) in [6.45, 7) is 2.78. The molecule has 0 bridgehead atoms. The highest BCUT2D eigenvalue weighted by Gasteiger charge is 2.16. The van der Waals surface area contributed by atoms with E-state index in [0.717, 1.165) is 41.6 Å². The Hall–Kier alpha value is -1.66. The molecule has 2 rings (SSSR count). The SMILES string of the molecule is Cc1ccc2c(N)c(C(=O)NCCCCCCO)sc2n1. The Labute approximate surface area is 128 Å². The van der Waals surface area contributed by atoms with Crippen molar-refractivity contribution < 1.29 is 9.90 Å². The zero-order valence-electron chi connectivity index (χ0n) is 12.2. The highest BCUT2D eigenvalue weighted by molar-refractivity contribution is 7.21. The normalized spacial score (nSPS) is 11.0. The Kier molecular flexibility index (Phi) is 5.52. The summed E-state index contributed by atoms with van der Waals surface area (Å²) in [5.41, 5.74) is 7.47. The lowest BCUT2D eigenvalue weighted by molar-refractivity contribution is 0.0957. The minimum Gasteiger partial charge on any atom is -0.397 e. The number of nitrogens with two attached hydrogens (primary N) is 1. The molecule has 2 aromatic rings. The molecule has 0 saturated heterocycles. The van der Waals surface area contributed by atoms with Crippen LogP contribution in [0, 0.1) is 6.92 Å². The molecule has 0 spiro atoms. The van der Waals surface area contributed by atoms with E-state index in [1.807, 2.05) is 19.1 Å². The van der Waals surface area contributed by atoms with Crippen molar-refractivity contribution in [2.75, 3.05) is 18.9 Å². The third kappa shape index (κ3) is 3.92. The molecule has 6 heteroatoms. The maximum Gasteiger partial charge on any atom is 0.263 e. The van der Waals surface area contributed by atoms with Crippen molar-refractivity contribution in [2.24, 2.45) is 0 Å². The lowest BCUT2D eigenvalue weighted by atomic mass is 10.2. The molecule has 2 heterocycles. The van der Waals surface area contributed by atoms with Gasteiger partial charge in [-0.05, 0) is 31.9 Å². The molecular weight excluding hydrogens is 286 g/mol. The smallest absolute Gasteiger partial charge is 0.263 e. The fourth-order valence-corrected chi connectivity index (χ4v) is 3.19. The molecule has 0 saturated carbocycles. The van der Waals surface area contributed by atoms with E-state index < -0.39 is 0 Å². The van der Waals surface area contributed by atoms with Crippen molar-refractivity contribution in [1.82, 2.24) is 10.3 Å². The second-order valence-electron chi connectivity index (χ2n) is 5.04. The lowest BCUT2D eigenvalue weighted by Crippen LogP contribution is -2.24. The molecule has 0 unspecified atom stereocenters. The fraction of sp³-hybridized carbons (Fsp3) is 0.467. The predicted molar refractivity (Wildman–Crippen MR) is 86.7 cm³/mol. The second-order valence-corrected chi connectivity index (χ2v) is 6.04. The van der Waals surface area contributed by atoms with E-state index in [1.165, 1.54) is 11.3 Å². The number of pyridine rings is 1. The number of nitrogens with one attached hydrogen (secondary N) is 1. The highest BCUT2D eigenvalue weighted by Crippen LogP contribution is 2.32. The van der Waals surface area contributed by atoms with Gasteiger partial charge in [0.15, 0.2) is 0 Å². The molecule has 0 aliphatic carbocycles. The first-order valence-corrected chi connectivity index (χ1v) is 8.00. The Morgan fingerprint density at radius 3 is 2.86 bits per heavy atom. The number of aryl methyl sites for hydroxylation is 1. The van der Waals surface area contributed by atoms with E-state index in [0.29, 0.717) is 17.1 Å². The molecule has 0 fully saturated rings. The maximum atomic E-state index is 12.2. The number of hydrogen-bond donors (Lipinski definition) is 3. The van der Waals surface area contributed by atoms with Crippen LogP contribution in [0.25, 0.3) is 10.2 Å². The number of thiophene rings is 1. The zero-order valence-corrected chi connectivity index (χ0v) is 13.0. The van der Waals surface area contributed by atoms with Crippen LogP contribution in [0.3, 0.4) is 0 Å². The van der Waals surface area contributed by atoms with Gasteiger partial charge in [-0.3, -0.25) is 4.79 Å². The first-order valence-electron chi connectivity index (χ1n) is 7.18. The average Bonchev–Trinajstić information content (AvgIpc) is 2.79. The van der Waals surface area contributed by atoms with Crippen LogP contribution in [0.4, 0.5) is 5.69 Å². The molecule has 0 atom stereocenters. The summed E-state index contributed by atoms with van der Waals surface area (Å²) in [6.07, 6.45) is 3.72. The molecule has 0 aromatic carbocycles. The van der Waals surface area contributed by atoms with Crippen molar-refractivity contribution in [3.63, 3.8) is 0 Å². The Balaban J connectivity index is 1.95. The van der Waals surface area contributed by atoms with Gasteiger partial charge in [-0.1, -0.05) is 12.8 Å². The minimum absolute atomic E-state index is 0.129. The summed E-state index contributed by atoms with van der Waals surface area (Å²) in [7, 11) is 0. The topological polar surface area (TPSA) is 88.2 Å². The lowest BCUT2D eigenvalue weighted by Gasteiger charge is -2.04. The summed E-state index contributed by atoms with van der Waals surface area (Å²) < 4.78 is 0. The summed E-state index contributed by atoms with van der Waals surface area (Å²) in [6, 6.07) is 3.81. The van der Waals surface area contributed by atoms with Crippen LogP contribution < -0.4 is 11.1 Å². The van der Waals surface area contributed by atoms with E-state index in [9.17, 15) is 4.79 Å². The van der Waals surface area contributed by atoms with Gasteiger partial charge in [0.25, 0.3) is 5.91 Å². The van der Waals surface area contributed by atoms with Gasteiger partial charge < -0.3 is 16.2 Å². The number of amides is 1. The number of hydrogen-bond acceptors (Lipinski definition) is 5. The van der Waals surface area contributed by atoms with Gasteiger partial charge in [-0.2, -0.15) is 0 Å². The number of nitrogen functional groups attached to an aromatic ring is 1. The van der Waals surface area contributed by atoms with Crippen LogP contribution in [0.5, 0.6) is 0 Å². The van der Waals surface area contributed by atoms with Gasteiger partial charge in [-0.25, -0.2) is 4.98 Å². The van der Waals surface area contributed by atoms with Crippen LogP contribution >= 0.6 is 11.3 Å². The number of anilines is 1. The first kappa shape index (κ1) is 15.7. The van der Waals surface area contributed by atoms with Crippen LogP contribution in [0.1, 0.15) is 41.0 Å². The summed E-state index contributed by atoms with van der Waals surface area (Å²) in [5.74, 6) is -0.129. The number of aliphatic hydroxyl groups is 1. The van der Waals surface area contributed by atoms with Crippen LogP contribution in [0.15, 0.2) is 12.1 Å². The molecule has 1 amide bonds. The Morgan fingerprint density at radius 2 is 2.10 bits per heavy atom. The molecule has 114 valence electrons. The Bertz CT molecular complexity index is 625. The third-order valence-corrected chi connectivity index (χ3v) is 4.42. The number of carbonyl (C=O) groups is 1. The van der Waals surface area contributed by atoms with Crippen LogP contribution in [-0.4, -0.2) is 29.1 Å². The maximum absolute atomic E-state index is 12.2. The monoisotopic (exact) mass is 307 g/mol. The van der Waals surface area contributed by atoms with Crippen molar-refractivity contribution in [3.8, 4) is 0 Å². The van der Waals surface area contributed by atoms with Crippen LogP contribution in [-0.2, 0) is 0 Å². The van der Waals surface area contributed by atoms with E-state index in [2.05, 4.69) is 10.3 Å². The van der Waals surface area contributed by atoms with E-state index in [1.54, 1.807) is 0 Å². The van der Waals surface area contributed by atoms with Crippen molar-refractivity contribution in [2.45, 2.75) is 32.6 Å². The molecule has 0 aliphatic rings. The summed E-state index contributed by atoms with van der Waals surface area (Å²) >= 11 is 1.34. The number of unbranched alkanes of at least 4 members (excludes halogenated alkanes) is 3. The van der Waals surface area contributed by atoms with E-state index in [4.69, 9.17) is 10.8 Å². The minimum atomic E-state index is -0.129. The third-order valence-electron chi connectivity index (χ3n) is 3.31. The highest BCUT2D eigenvalue weighted by atomic mass is 32.1. The molecular formula is C15H21N3O2S. The Morgan fingerprint density at radius 1 is 1.33 bits per heavy atom. The van der Waals surface area contributed by atoms with Gasteiger partial charge in [0.1, 0.15) is 9.71 Å². The van der Waals surface area contributed by atoms with Gasteiger partial charge in [-0.15, -0.1) is 11.3 Å². The number of carbonyl (C=O) groups excluding carboxylic acids is 1. The number of aliphatic hydroxyl groups excluding tert-OH is 1. The van der Waals surface area contributed by atoms with Crippen molar-refractivity contribution >= 4 is 33.1 Å². The average molecular weight is 307 g/mol. The zero-order chi connectivity index (χ0) is 15.2. The second kappa shape index (κ2) is 7.38. The summed E-state index contributed by atoms with van der Waals surface area (Å²) in [4.78, 5) is 17.9. The van der Waals surface area contributed by atoms with Gasteiger partial charge in [0.2, 0.25) is 0 Å². The molecule has 0 radical (unpaired) electrons. The molecule has 21 heavy (non-hydrogen) atoms. The van der Waals surface area contributed by atoms with Crippen molar-refractivity contribution in [1.29, 1.82) is 0 Å². The number of rotatable bonds is 7. The number of nitrogens with zero attached hydrogens (tertiary/aromatic N) is 1. The first-order chi connectivity index (χ1) is 10.1. The number of fused-ring (bicyclic) bond motifs is 1. The van der Waals surface area contributed by atoms with E-state index >= 15 is 0 Å². The molecule has 4 N–H and O–H groups in total.